The Balaban J connectivity index is -0.00000364. The number of nitrogens with one attached hydrogen (secondary N) is 1. The summed E-state index contributed by atoms with van der Waals surface area (Å²) in [6.07, 6.45) is 40.5. The quantitative estimate of drug-likeness (QED) is 0.0537. The van der Waals surface area contributed by atoms with Crippen molar-refractivity contribution in [3.63, 3.8) is 0 Å². The molecule has 0 rings (SSSR count). The zero-order valence-electron chi connectivity index (χ0n) is 32.6. The first-order chi connectivity index (χ1) is 22.4. The SMILES string of the molecule is CCCCCCCCCCCCCCCCCC(=O)OCCOC(=O)CCCCCCCCCCCCCCCCC.C[NH+](C)C.[Cl-]. The van der Waals surface area contributed by atoms with Crippen molar-refractivity contribution in [2.75, 3.05) is 34.4 Å². The van der Waals surface area contributed by atoms with E-state index in [1.54, 1.807) is 0 Å². The molecule has 0 aromatic carbocycles. The van der Waals surface area contributed by atoms with Gasteiger partial charge in [-0.05, 0) is 12.8 Å². The van der Waals surface area contributed by atoms with Crippen LogP contribution in [0.5, 0.6) is 0 Å². The highest BCUT2D eigenvalue weighted by molar-refractivity contribution is 5.70. The average molecular weight is 691 g/mol. The minimum Gasteiger partial charge on any atom is -1.00 e. The first-order valence-electron chi connectivity index (χ1n) is 20.5. The van der Waals surface area contributed by atoms with Crippen LogP contribution < -0.4 is 17.3 Å². The Morgan fingerprint density at radius 3 is 0.723 bits per heavy atom. The van der Waals surface area contributed by atoms with Crippen LogP contribution in [-0.4, -0.2) is 46.3 Å². The van der Waals surface area contributed by atoms with Gasteiger partial charge in [-0.2, -0.15) is 0 Å². The van der Waals surface area contributed by atoms with E-state index in [0.717, 1.165) is 25.7 Å². The molecule has 0 aliphatic rings. The summed E-state index contributed by atoms with van der Waals surface area (Å²) in [4.78, 5) is 25.2. The number of unbranched alkanes of at least 4 members (excludes halogenated alkanes) is 28. The summed E-state index contributed by atoms with van der Waals surface area (Å²) in [5.74, 6) is -0.327. The van der Waals surface area contributed by atoms with Crippen LogP contribution in [0, 0.1) is 0 Å². The van der Waals surface area contributed by atoms with Gasteiger partial charge in [-0.15, -0.1) is 0 Å². The first kappa shape index (κ1) is 50.6. The maximum Gasteiger partial charge on any atom is 0.305 e. The number of hydrogen-bond donors (Lipinski definition) is 1. The van der Waals surface area contributed by atoms with Crippen LogP contribution in [0.1, 0.15) is 219 Å². The van der Waals surface area contributed by atoms with Crippen LogP contribution in [0.15, 0.2) is 0 Å². The molecule has 0 aliphatic carbocycles. The molecule has 47 heavy (non-hydrogen) atoms. The van der Waals surface area contributed by atoms with E-state index in [9.17, 15) is 9.59 Å². The van der Waals surface area contributed by atoms with Crippen LogP contribution in [0.25, 0.3) is 0 Å². The van der Waals surface area contributed by atoms with Gasteiger partial charge in [0.2, 0.25) is 0 Å². The summed E-state index contributed by atoms with van der Waals surface area (Å²) in [5.41, 5.74) is 0. The smallest absolute Gasteiger partial charge is 0.305 e. The number of carbonyl (C=O) groups excluding carboxylic acids is 2. The maximum absolute atomic E-state index is 11.9. The fourth-order valence-electron chi connectivity index (χ4n) is 5.74. The van der Waals surface area contributed by atoms with Gasteiger partial charge in [0.25, 0.3) is 0 Å². The summed E-state index contributed by atoms with van der Waals surface area (Å²) in [6.45, 7) is 4.92. The summed E-state index contributed by atoms with van der Waals surface area (Å²) in [6, 6.07) is 0. The van der Waals surface area contributed by atoms with E-state index in [4.69, 9.17) is 9.47 Å². The molecule has 0 aliphatic heterocycles. The van der Waals surface area contributed by atoms with Gasteiger partial charge in [0.05, 0.1) is 21.1 Å². The lowest BCUT2D eigenvalue weighted by atomic mass is 10.0. The Hall–Kier alpha value is -0.810. The summed E-state index contributed by atoms with van der Waals surface area (Å²) >= 11 is 0. The Morgan fingerprint density at radius 1 is 0.362 bits per heavy atom. The lowest BCUT2D eigenvalue weighted by Crippen LogP contribution is -3.02. The van der Waals surface area contributed by atoms with Gasteiger partial charge < -0.3 is 26.8 Å². The van der Waals surface area contributed by atoms with E-state index in [2.05, 4.69) is 35.0 Å². The van der Waals surface area contributed by atoms with E-state index in [1.807, 2.05) is 0 Å². The zero-order valence-corrected chi connectivity index (χ0v) is 33.3. The van der Waals surface area contributed by atoms with Crippen molar-refractivity contribution in [1.82, 2.24) is 0 Å². The first-order valence-corrected chi connectivity index (χ1v) is 20.5. The molecular weight excluding hydrogens is 606 g/mol. The predicted molar refractivity (Wildman–Crippen MR) is 200 cm³/mol. The summed E-state index contributed by atoms with van der Waals surface area (Å²) in [5, 5.41) is 0. The molecule has 0 heterocycles. The van der Waals surface area contributed by atoms with Crippen molar-refractivity contribution in [2.24, 2.45) is 0 Å². The molecule has 0 fully saturated rings. The highest BCUT2D eigenvalue weighted by Crippen LogP contribution is 2.15. The Morgan fingerprint density at radius 2 is 0.532 bits per heavy atom. The third kappa shape index (κ3) is 52.2. The molecule has 6 heteroatoms. The molecule has 0 bridgehead atoms. The van der Waals surface area contributed by atoms with Gasteiger partial charge in [0.1, 0.15) is 13.2 Å². The van der Waals surface area contributed by atoms with Crippen molar-refractivity contribution >= 4 is 11.9 Å². The number of esters is 2. The Kier molecular flexibility index (Phi) is 48.6. The van der Waals surface area contributed by atoms with Gasteiger partial charge in [-0.25, -0.2) is 0 Å². The van der Waals surface area contributed by atoms with Crippen molar-refractivity contribution in [2.45, 2.75) is 219 Å². The van der Waals surface area contributed by atoms with Gasteiger partial charge in [0, 0.05) is 12.8 Å². The molecule has 0 saturated carbocycles. The molecule has 0 spiro atoms. The minimum absolute atomic E-state index is 0. The van der Waals surface area contributed by atoms with Gasteiger partial charge in [-0.3, -0.25) is 9.59 Å². The molecule has 0 radical (unpaired) electrons. The second-order valence-electron chi connectivity index (χ2n) is 14.3. The Bertz CT molecular complexity index is 551. The number of rotatable bonds is 35. The number of ether oxygens (including phenoxy) is 2. The molecule has 284 valence electrons. The molecule has 0 saturated heterocycles. The minimum atomic E-state index is -0.164. The van der Waals surface area contributed by atoms with Crippen molar-refractivity contribution < 1.29 is 36.4 Å². The van der Waals surface area contributed by atoms with Crippen molar-refractivity contribution in [1.29, 1.82) is 0 Å². The zero-order chi connectivity index (χ0) is 34.2. The van der Waals surface area contributed by atoms with Crippen LogP contribution >= 0.6 is 0 Å². The van der Waals surface area contributed by atoms with E-state index in [0.29, 0.717) is 12.8 Å². The normalized spacial score (nSPS) is 10.8. The fourth-order valence-corrected chi connectivity index (χ4v) is 5.74. The molecule has 0 aromatic rings. The highest BCUT2D eigenvalue weighted by atomic mass is 35.5. The molecule has 5 nitrogen and oxygen atoms in total. The van der Waals surface area contributed by atoms with Crippen molar-refractivity contribution in [3.05, 3.63) is 0 Å². The van der Waals surface area contributed by atoms with E-state index in [-0.39, 0.29) is 37.6 Å². The van der Waals surface area contributed by atoms with Gasteiger partial charge in [-0.1, -0.05) is 194 Å². The topological polar surface area (TPSA) is 57.0 Å². The standard InChI is InChI=1S/C38H74O4.C3H9N.ClH/c1-3-5-7-9-11-13-15-17-19-21-23-25-27-29-31-33-37(39)41-35-36-42-38(40)34-32-30-28-26-24-22-20-18-16-14-12-10-8-6-4-2;1-4(2)3;/h3-36H2,1-2H3;1-3H3;1H. The third-order valence-electron chi connectivity index (χ3n) is 8.58. The second kappa shape index (κ2) is 45.2. The predicted octanol–water partition coefficient (Wildman–Crippen LogP) is 8.36. The lowest BCUT2D eigenvalue weighted by molar-refractivity contribution is -0.836. The molecule has 0 unspecified atom stereocenters. The monoisotopic (exact) mass is 690 g/mol. The van der Waals surface area contributed by atoms with E-state index < -0.39 is 0 Å². The Labute approximate surface area is 301 Å². The maximum atomic E-state index is 11.9. The number of hydrogen-bond acceptors (Lipinski definition) is 4. The molecule has 0 atom stereocenters. The molecular formula is C41H84ClNO4. The largest absolute Gasteiger partial charge is 1.00 e. The van der Waals surface area contributed by atoms with Crippen LogP contribution in [0.3, 0.4) is 0 Å². The third-order valence-corrected chi connectivity index (χ3v) is 8.58. The van der Waals surface area contributed by atoms with E-state index in [1.165, 1.54) is 172 Å². The van der Waals surface area contributed by atoms with Crippen LogP contribution in [0.4, 0.5) is 0 Å². The average Bonchev–Trinajstić information content (AvgIpc) is 3.02. The summed E-state index contributed by atoms with van der Waals surface area (Å²) in [7, 11) is 6.25. The molecule has 0 amide bonds. The summed E-state index contributed by atoms with van der Waals surface area (Å²) < 4.78 is 10.5. The lowest BCUT2D eigenvalue weighted by Gasteiger charge is -2.07. The molecule has 1 N–H and O–H groups in total. The van der Waals surface area contributed by atoms with Gasteiger partial charge in [0.15, 0.2) is 0 Å². The van der Waals surface area contributed by atoms with Crippen molar-refractivity contribution in [3.8, 4) is 0 Å². The van der Waals surface area contributed by atoms with E-state index >= 15 is 0 Å². The number of quaternary nitrogens is 1. The van der Waals surface area contributed by atoms with Crippen LogP contribution in [0.2, 0.25) is 0 Å². The number of halogens is 1. The van der Waals surface area contributed by atoms with Crippen LogP contribution in [-0.2, 0) is 19.1 Å². The second-order valence-corrected chi connectivity index (χ2v) is 14.3. The number of carbonyl (C=O) groups is 2. The molecule has 0 aromatic heterocycles. The fraction of sp³-hybridized carbons (Fsp3) is 0.951. The highest BCUT2D eigenvalue weighted by Gasteiger charge is 2.06. The van der Waals surface area contributed by atoms with Gasteiger partial charge >= 0.3 is 11.9 Å².